The van der Waals surface area contributed by atoms with Crippen molar-refractivity contribution in [1.29, 1.82) is 0 Å². The molecule has 1 amide bonds. The fourth-order valence-corrected chi connectivity index (χ4v) is 3.86. The second-order valence-corrected chi connectivity index (χ2v) is 7.36. The van der Waals surface area contributed by atoms with Crippen molar-refractivity contribution in [2.75, 3.05) is 0 Å². The Kier molecular flexibility index (Phi) is 5.11. The van der Waals surface area contributed by atoms with Gasteiger partial charge in [0.1, 0.15) is 0 Å². The first kappa shape index (κ1) is 15.8. The molecule has 0 radical (unpaired) electrons. The zero-order valence-corrected chi connectivity index (χ0v) is 13.9. The maximum absolute atomic E-state index is 12.8. The first-order valence-corrected chi connectivity index (χ1v) is 8.53. The van der Waals surface area contributed by atoms with Crippen LogP contribution in [0.25, 0.3) is 0 Å². The van der Waals surface area contributed by atoms with Crippen molar-refractivity contribution < 1.29 is 4.79 Å². The third-order valence-corrected chi connectivity index (χ3v) is 5.40. The molecule has 3 heteroatoms. The molecule has 0 aromatic rings. The van der Waals surface area contributed by atoms with Gasteiger partial charge in [-0.25, -0.2) is 0 Å². The Balaban J connectivity index is 2.12. The quantitative estimate of drug-likeness (QED) is 0.856. The normalized spacial score (nSPS) is 38.8. The summed E-state index contributed by atoms with van der Waals surface area (Å²) in [6.07, 6.45) is 5.90. The van der Waals surface area contributed by atoms with Crippen LogP contribution in [-0.4, -0.2) is 29.1 Å². The average Bonchev–Trinajstić information content (AvgIpc) is 2.71. The molecule has 5 unspecified atom stereocenters. The van der Waals surface area contributed by atoms with Gasteiger partial charge in [-0.2, -0.15) is 0 Å². The van der Waals surface area contributed by atoms with Crippen LogP contribution in [0.5, 0.6) is 0 Å². The fourth-order valence-electron chi connectivity index (χ4n) is 3.86. The van der Waals surface area contributed by atoms with Crippen LogP contribution in [0.1, 0.15) is 66.7 Å². The molecule has 0 aromatic carbocycles. The average molecular weight is 280 g/mol. The second-order valence-electron chi connectivity index (χ2n) is 7.36. The van der Waals surface area contributed by atoms with Crippen molar-refractivity contribution in [3.8, 4) is 0 Å². The number of rotatable bonds is 4. The van der Waals surface area contributed by atoms with E-state index in [0.717, 1.165) is 24.7 Å². The zero-order valence-electron chi connectivity index (χ0n) is 13.9. The Morgan fingerprint density at radius 2 is 1.95 bits per heavy atom. The van der Waals surface area contributed by atoms with E-state index in [0.29, 0.717) is 17.9 Å². The van der Waals surface area contributed by atoms with Crippen LogP contribution in [0, 0.1) is 17.8 Å². The molecule has 2 fully saturated rings. The monoisotopic (exact) mass is 280 g/mol. The summed E-state index contributed by atoms with van der Waals surface area (Å²) in [5, 5.41) is 3.59. The Morgan fingerprint density at radius 1 is 1.25 bits per heavy atom. The number of nitrogens with zero attached hydrogens (tertiary/aromatic N) is 1. The van der Waals surface area contributed by atoms with E-state index in [1.165, 1.54) is 19.3 Å². The molecule has 3 nitrogen and oxygen atoms in total. The van der Waals surface area contributed by atoms with Gasteiger partial charge in [0.05, 0.1) is 12.2 Å². The van der Waals surface area contributed by atoms with E-state index in [9.17, 15) is 4.79 Å². The lowest BCUT2D eigenvalue weighted by Crippen LogP contribution is -2.49. The summed E-state index contributed by atoms with van der Waals surface area (Å²) in [6.45, 7) is 11.3. The van der Waals surface area contributed by atoms with Gasteiger partial charge in [-0.1, -0.05) is 41.0 Å². The van der Waals surface area contributed by atoms with Gasteiger partial charge >= 0.3 is 0 Å². The number of amides is 1. The van der Waals surface area contributed by atoms with Crippen molar-refractivity contribution in [1.82, 2.24) is 10.2 Å². The lowest BCUT2D eigenvalue weighted by atomic mass is 9.78. The number of hydrogen-bond acceptors (Lipinski definition) is 2. The van der Waals surface area contributed by atoms with Crippen molar-refractivity contribution in [2.45, 2.75) is 85.0 Å². The predicted molar refractivity (Wildman–Crippen MR) is 83.3 cm³/mol. The van der Waals surface area contributed by atoms with Crippen molar-refractivity contribution in [2.24, 2.45) is 17.8 Å². The summed E-state index contributed by atoms with van der Waals surface area (Å²) in [4.78, 5) is 15.0. The number of carbonyl (C=O) groups excluding carboxylic acids is 1. The molecule has 5 atom stereocenters. The second kappa shape index (κ2) is 6.46. The maximum Gasteiger partial charge on any atom is 0.241 e. The Morgan fingerprint density at radius 3 is 2.50 bits per heavy atom. The summed E-state index contributed by atoms with van der Waals surface area (Å²) >= 11 is 0. The van der Waals surface area contributed by atoms with E-state index in [4.69, 9.17) is 0 Å². The van der Waals surface area contributed by atoms with Crippen LogP contribution in [0.3, 0.4) is 0 Å². The predicted octanol–water partition coefficient (Wildman–Crippen LogP) is 3.39. The maximum atomic E-state index is 12.8. The highest BCUT2D eigenvalue weighted by Crippen LogP contribution is 2.35. The Hall–Kier alpha value is -0.570. The minimum absolute atomic E-state index is 0.0575. The molecule has 1 aliphatic carbocycles. The van der Waals surface area contributed by atoms with Gasteiger partial charge in [-0.15, -0.1) is 0 Å². The molecular formula is C17H32N2O. The van der Waals surface area contributed by atoms with Crippen molar-refractivity contribution >= 4 is 5.91 Å². The summed E-state index contributed by atoms with van der Waals surface area (Å²) in [5.74, 6) is 2.38. The molecule has 20 heavy (non-hydrogen) atoms. The molecule has 2 aliphatic rings. The zero-order chi connectivity index (χ0) is 14.9. The van der Waals surface area contributed by atoms with Crippen molar-refractivity contribution in [3.05, 3.63) is 0 Å². The van der Waals surface area contributed by atoms with E-state index in [1.807, 2.05) is 0 Å². The molecule has 1 heterocycles. The van der Waals surface area contributed by atoms with Crippen LogP contribution in [-0.2, 0) is 4.79 Å². The number of hydrogen-bond donors (Lipinski definition) is 1. The van der Waals surface area contributed by atoms with E-state index in [-0.39, 0.29) is 12.2 Å². The summed E-state index contributed by atoms with van der Waals surface area (Å²) < 4.78 is 0. The molecule has 0 aromatic heterocycles. The minimum Gasteiger partial charge on any atom is -0.323 e. The highest BCUT2D eigenvalue weighted by atomic mass is 16.2. The van der Waals surface area contributed by atoms with Crippen LogP contribution in [0.2, 0.25) is 0 Å². The molecule has 1 saturated heterocycles. The van der Waals surface area contributed by atoms with Gasteiger partial charge in [0, 0.05) is 6.04 Å². The van der Waals surface area contributed by atoms with Gasteiger partial charge in [0.2, 0.25) is 5.91 Å². The molecule has 116 valence electrons. The number of carbonyl (C=O) groups is 1. The van der Waals surface area contributed by atoms with Crippen molar-refractivity contribution in [3.63, 3.8) is 0 Å². The largest absolute Gasteiger partial charge is 0.323 e. The lowest BCUT2D eigenvalue weighted by molar-refractivity contribution is -0.134. The number of nitrogens with one attached hydrogen (secondary N) is 1. The van der Waals surface area contributed by atoms with E-state index in [2.05, 4.69) is 44.8 Å². The van der Waals surface area contributed by atoms with Crippen LogP contribution < -0.4 is 5.32 Å². The molecule has 1 aliphatic heterocycles. The molecule has 2 rings (SSSR count). The van der Waals surface area contributed by atoms with Crippen LogP contribution >= 0.6 is 0 Å². The summed E-state index contributed by atoms with van der Waals surface area (Å²) in [6, 6.07) is 0.512. The lowest BCUT2D eigenvalue weighted by Gasteiger charge is -2.41. The SMILES string of the molecule is CCCC1NC(C(C)C)N(C2CCC(C)C(C)C2)C1=O. The molecule has 0 spiro atoms. The Bertz CT molecular complexity index is 342. The third kappa shape index (κ3) is 3.03. The molecule has 1 saturated carbocycles. The van der Waals surface area contributed by atoms with Crippen LogP contribution in [0.15, 0.2) is 0 Å². The Labute approximate surface area is 124 Å². The fraction of sp³-hybridized carbons (Fsp3) is 0.941. The van der Waals surface area contributed by atoms with Gasteiger partial charge in [0.15, 0.2) is 0 Å². The van der Waals surface area contributed by atoms with E-state index in [1.54, 1.807) is 0 Å². The first-order valence-electron chi connectivity index (χ1n) is 8.53. The molecular weight excluding hydrogens is 248 g/mol. The van der Waals surface area contributed by atoms with E-state index < -0.39 is 0 Å². The van der Waals surface area contributed by atoms with Gasteiger partial charge < -0.3 is 4.90 Å². The third-order valence-electron chi connectivity index (χ3n) is 5.40. The smallest absolute Gasteiger partial charge is 0.241 e. The van der Waals surface area contributed by atoms with Gasteiger partial charge in [-0.3, -0.25) is 10.1 Å². The van der Waals surface area contributed by atoms with Crippen LogP contribution in [0.4, 0.5) is 0 Å². The highest BCUT2D eigenvalue weighted by molar-refractivity contribution is 5.84. The molecule has 1 N–H and O–H groups in total. The van der Waals surface area contributed by atoms with Gasteiger partial charge in [0.25, 0.3) is 0 Å². The summed E-state index contributed by atoms with van der Waals surface area (Å²) in [7, 11) is 0. The first-order chi connectivity index (χ1) is 9.45. The minimum atomic E-state index is 0.0575. The highest BCUT2D eigenvalue weighted by Gasteiger charge is 2.44. The summed E-state index contributed by atoms with van der Waals surface area (Å²) in [5.41, 5.74) is 0. The van der Waals surface area contributed by atoms with E-state index >= 15 is 0 Å². The molecule has 0 bridgehead atoms. The topological polar surface area (TPSA) is 32.3 Å². The van der Waals surface area contributed by atoms with Gasteiger partial charge in [-0.05, 0) is 43.4 Å². The standard InChI is InChI=1S/C17H32N2O/c1-6-7-15-17(20)19(16(18-15)11(2)3)14-9-8-12(4)13(5)10-14/h11-16,18H,6-10H2,1-5H3.